The van der Waals surface area contributed by atoms with Crippen molar-refractivity contribution in [1.29, 1.82) is 0 Å². The van der Waals surface area contributed by atoms with Gasteiger partial charge in [-0.1, -0.05) is 41.9 Å². The number of amides is 4. The summed E-state index contributed by atoms with van der Waals surface area (Å²) in [5.41, 5.74) is 14.3. The Bertz CT molecular complexity index is 1240. The number of benzene rings is 2. The highest BCUT2D eigenvalue weighted by molar-refractivity contribution is 6.31. The van der Waals surface area contributed by atoms with Crippen LogP contribution in [0.1, 0.15) is 17.5 Å². The molecule has 4 amide bonds. The zero-order chi connectivity index (χ0) is 23.7. The average molecular weight is 469 g/mol. The summed E-state index contributed by atoms with van der Waals surface area (Å²) in [5.74, 6) is -0.294. The van der Waals surface area contributed by atoms with Crippen molar-refractivity contribution in [2.45, 2.75) is 32.0 Å². The lowest BCUT2D eigenvalue weighted by Crippen LogP contribution is -2.47. The van der Waals surface area contributed by atoms with E-state index in [1.54, 1.807) is 30.3 Å². The van der Waals surface area contributed by atoms with Crippen molar-refractivity contribution in [1.82, 2.24) is 14.8 Å². The minimum atomic E-state index is -0.719. The third kappa shape index (κ3) is 4.50. The Morgan fingerprint density at radius 3 is 2.67 bits per heavy atom. The second-order valence-electron chi connectivity index (χ2n) is 8.10. The number of nitrogens with two attached hydrogens (primary N) is 2. The third-order valence-corrected chi connectivity index (χ3v) is 6.33. The van der Waals surface area contributed by atoms with Gasteiger partial charge in [-0.25, -0.2) is 9.59 Å². The first-order valence-corrected chi connectivity index (χ1v) is 10.9. The molecule has 0 unspecified atom stereocenters. The number of para-hydroxylation sites is 1. The zero-order valence-corrected chi connectivity index (χ0v) is 18.8. The highest BCUT2D eigenvalue weighted by atomic mass is 35.5. The summed E-state index contributed by atoms with van der Waals surface area (Å²) >= 11 is 6.16. The van der Waals surface area contributed by atoms with E-state index >= 15 is 0 Å². The lowest BCUT2D eigenvalue weighted by atomic mass is 10.1. The predicted octanol–water partition coefficient (Wildman–Crippen LogP) is 2.78. The fourth-order valence-electron chi connectivity index (χ4n) is 4.13. The van der Waals surface area contributed by atoms with Crippen molar-refractivity contribution in [2.75, 3.05) is 11.9 Å². The maximum atomic E-state index is 13.1. The Morgan fingerprint density at radius 2 is 1.91 bits per heavy atom. The van der Waals surface area contributed by atoms with E-state index < -0.39 is 18.1 Å². The SMILES string of the molecule is Cc1c(Cl)cccc1CNC(=O)[C@@H]1C[C@H](N)CN1C(=O)Nc1cn(C(N)=O)c2ccccc12. The van der Waals surface area contributed by atoms with Gasteiger partial charge >= 0.3 is 12.1 Å². The molecule has 1 aliphatic rings. The summed E-state index contributed by atoms with van der Waals surface area (Å²) in [4.78, 5) is 39.2. The van der Waals surface area contributed by atoms with Gasteiger partial charge in [-0.15, -0.1) is 0 Å². The molecule has 1 fully saturated rings. The Kier molecular flexibility index (Phi) is 6.26. The van der Waals surface area contributed by atoms with Crippen LogP contribution in [0.25, 0.3) is 10.9 Å². The molecule has 10 heteroatoms. The summed E-state index contributed by atoms with van der Waals surface area (Å²) in [6.45, 7) is 2.41. The molecule has 9 nitrogen and oxygen atoms in total. The van der Waals surface area contributed by atoms with Gasteiger partial charge in [-0.05, 0) is 36.6 Å². The molecule has 6 N–H and O–H groups in total. The van der Waals surface area contributed by atoms with Gasteiger partial charge in [0.2, 0.25) is 5.91 Å². The fraction of sp³-hybridized carbons (Fsp3) is 0.261. The number of hydrogen-bond acceptors (Lipinski definition) is 4. The van der Waals surface area contributed by atoms with Crippen LogP contribution >= 0.6 is 11.6 Å². The van der Waals surface area contributed by atoms with E-state index in [0.717, 1.165) is 11.1 Å². The number of rotatable bonds is 4. The molecule has 172 valence electrons. The van der Waals surface area contributed by atoms with Gasteiger partial charge in [-0.3, -0.25) is 9.36 Å². The van der Waals surface area contributed by atoms with Gasteiger partial charge in [0.15, 0.2) is 0 Å². The smallest absolute Gasteiger partial charge is 0.323 e. The van der Waals surface area contributed by atoms with Crippen LogP contribution in [0.2, 0.25) is 5.02 Å². The summed E-state index contributed by atoms with van der Waals surface area (Å²) in [7, 11) is 0. The Hall–Kier alpha value is -3.56. The van der Waals surface area contributed by atoms with Gasteiger partial charge in [0.25, 0.3) is 0 Å². The molecule has 2 aromatic carbocycles. The molecule has 4 rings (SSSR count). The zero-order valence-electron chi connectivity index (χ0n) is 18.0. The van der Waals surface area contributed by atoms with E-state index in [1.165, 1.54) is 15.7 Å². The normalized spacial score (nSPS) is 17.8. The molecule has 0 aliphatic carbocycles. The molecule has 0 bridgehead atoms. The summed E-state index contributed by atoms with van der Waals surface area (Å²) in [5, 5.41) is 6.97. The topological polar surface area (TPSA) is 135 Å². The molecule has 1 aliphatic heterocycles. The van der Waals surface area contributed by atoms with Crippen LogP contribution in [0.3, 0.4) is 0 Å². The van der Waals surface area contributed by atoms with Crippen molar-refractivity contribution >= 4 is 46.2 Å². The van der Waals surface area contributed by atoms with Crippen LogP contribution in [0.4, 0.5) is 15.3 Å². The van der Waals surface area contributed by atoms with Gasteiger partial charge in [0, 0.05) is 35.7 Å². The van der Waals surface area contributed by atoms with E-state index in [9.17, 15) is 14.4 Å². The second kappa shape index (κ2) is 9.13. The molecule has 0 spiro atoms. The van der Waals surface area contributed by atoms with Crippen molar-refractivity contribution in [3.63, 3.8) is 0 Å². The molecular formula is C23H25ClN6O3. The first kappa shape index (κ1) is 22.6. The molecule has 1 saturated heterocycles. The van der Waals surface area contributed by atoms with Crippen molar-refractivity contribution in [3.05, 3.63) is 64.8 Å². The number of halogens is 1. The van der Waals surface area contributed by atoms with Crippen LogP contribution in [0.15, 0.2) is 48.7 Å². The Labute approximate surface area is 195 Å². The number of aromatic nitrogens is 1. The Balaban J connectivity index is 1.50. The lowest BCUT2D eigenvalue weighted by molar-refractivity contribution is -0.124. The maximum Gasteiger partial charge on any atom is 0.323 e. The molecule has 33 heavy (non-hydrogen) atoms. The number of fused-ring (bicyclic) bond motifs is 1. The fourth-order valence-corrected chi connectivity index (χ4v) is 4.33. The van der Waals surface area contributed by atoms with Crippen LogP contribution in [0.5, 0.6) is 0 Å². The first-order chi connectivity index (χ1) is 15.8. The quantitative estimate of drug-likeness (QED) is 0.468. The first-order valence-electron chi connectivity index (χ1n) is 10.5. The van der Waals surface area contributed by atoms with Crippen molar-refractivity contribution in [3.8, 4) is 0 Å². The van der Waals surface area contributed by atoms with Crippen LogP contribution in [-0.4, -0.2) is 46.1 Å². The monoisotopic (exact) mass is 468 g/mol. The highest BCUT2D eigenvalue weighted by Crippen LogP contribution is 2.27. The lowest BCUT2D eigenvalue weighted by Gasteiger charge is -2.24. The number of nitrogens with one attached hydrogen (secondary N) is 2. The van der Waals surface area contributed by atoms with Gasteiger partial charge in [0.1, 0.15) is 6.04 Å². The van der Waals surface area contributed by atoms with Crippen LogP contribution < -0.4 is 22.1 Å². The van der Waals surface area contributed by atoms with E-state index in [1.807, 2.05) is 19.1 Å². The largest absolute Gasteiger partial charge is 0.351 e. The number of likely N-dealkylation sites (tertiary alicyclic amines) is 1. The number of primary amides is 1. The third-order valence-electron chi connectivity index (χ3n) is 5.92. The van der Waals surface area contributed by atoms with Crippen molar-refractivity contribution < 1.29 is 14.4 Å². The molecule has 1 aromatic heterocycles. The molecule has 2 heterocycles. The van der Waals surface area contributed by atoms with E-state index in [4.69, 9.17) is 23.1 Å². The highest BCUT2D eigenvalue weighted by Gasteiger charge is 2.38. The molecule has 0 saturated carbocycles. The summed E-state index contributed by atoms with van der Waals surface area (Å²) in [6.07, 6.45) is 1.81. The van der Waals surface area contributed by atoms with Gasteiger partial charge in [0.05, 0.1) is 11.2 Å². The number of hydrogen-bond donors (Lipinski definition) is 4. The molecule has 0 radical (unpaired) electrons. The van der Waals surface area contributed by atoms with E-state index in [2.05, 4.69) is 10.6 Å². The molecule has 2 atom stereocenters. The number of carbonyl (C=O) groups excluding carboxylic acids is 3. The molecule has 3 aromatic rings. The van der Waals surface area contributed by atoms with Crippen LogP contribution in [0, 0.1) is 6.92 Å². The van der Waals surface area contributed by atoms with Gasteiger partial charge in [-0.2, -0.15) is 0 Å². The predicted molar refractivity (Wildman–Crippen MR) is 127 cm³/mol. The average Bonchev–Trinajstić information content (AvgIpc) is 3.36. The van der Waals surface area contributed by atoms with E-state index in [-0.39, 0.29) is 18.5 Å². The molecular weight excluding hydrogens is 444 g/mol. The summed E-state index contributed by atoms with van der Waals surface area (Å²) < 4.78 is 1.26. The number of nitrogens with zero attached hydrogens (tertiary/aromatic N) is 2. The van der Waals surface area contributed by atoms with Gasteiger partial charge < -0.3 is 27.0 Å². The number of urea groups is 1. The Morgan fingerprint density at radius 1 is 1.15 bits per heavy atom. The second-order valence-corrected chi connectivity index (χ2v) is 8.51. The number of anilines is 1. The maximum absolute atomic E-state index is 13.1. The number of carbonyl (C=O) groups is 3. The van der Waals surface area contributed by atoms with E-state index in [0.29, 0.717) is 34.6 Å². The standard InChI is InChI=1S/C23H25ClN6O3/c1-13-14(5-4-7-17(13)24)10-27-21(31)20-9-15(25)11-30(20)23(33)28-18-12-29(22(26)32)19-8-3-2-6-16(18)19/h2-8,12,15,20H,9-11,25H2,1H3,(H2,26,32)(H,27,31)(H,28,33)/t15-,20-/m0/s1. The van der Waals surface area contributed by atoms with Crippen molar-refractivity contribution in [2.24, 2.45) is 11.5 Å². The summed E-state index contributed by atoms with van der Waals surface area (Å²) in [6, 6.07) is 10.4. The minimum Gasteiger partial charge on any atom is -0.351 e. The van der Waals surface area contributed by atoms with Crippen LogP contribution in [-0.2, 0) is 11.3 Å². The minimum absolute atomic E-state index is 0.231.